The minimum atomic E-state index is -0.201. The highest BCUT2D eigenvalue weighted by Crippen LogP contribution is 2.17. The lowest BCUT2D eigenvalue weighted by Gasteiger charge is -2.17. The largest absolute Gasteiger partial charge is 0.298 e. The van der Waals surface area contributed by atoms with Crippen LogP contribution >= 0.6 is 15.9 Å². The summed E-state index contributed by atoms with van der Waals surface area (Å²) in [6, 6.07) is 13.5. The Morgan fingerprint density at radius 3 is 2.47 bits per heavy atom. The maximum Gasteiger partial charge on any atom is 0.124 e. The highest BCUT2D eigenvalue weighted by molar-refractivity contribution is 9.10. The molecule has 0 unspecified atom stereocenters. The van der Waals surface area contributed by atoms with E-state index in [4.69, 9.17) is 0 Å². The number of aryl methyl sites for hydroxylation is 1. The van der Waals surface area contributed by atoms with Gasteiger partial charge in [-0.2, -0.15) is 0 Å². The topological polar surface area (TPSA) is 3.24 Å². The number of halogens is 2. The molecule has 0 heterocycles. The fourth-order valence-corrected chi connectivity index (χ4v) is 2.70. The summed E-state index contributed by atoms with van der Waals surface area (Å²) in [6.07, 6.45) is 0. The molecule has 19 heavy (non-hydrogen) atoms. The van der Waals surface area contributed by atoms with Gasteiger partial charge in [0.25, 0.3) is 0 Å². The van der Waals surface area contributed by atoms with Gasteiger partial charge in [-0.25, -0.2) is 4.39 Å². The average molecular weight is 322 g/mol. The quantitative estimate of drug-likeness (QED) is 0.799. The van der Waals surface area contributed by atoms with E-state index >= 15 is 0 Å². The molecule has 0 aliphatic rings. The van der Waals surface area contributed by atoms with Crippen molar-refractivity contribution < 1.29 is 4.39 Å². The molecule has 0 N–H and O–H groups in total. The van der Waals surface area contributed by atoms with Crippen LogP contribution in [-0.2, 0) is 13.1 Å². The molecule has 0 saturated heterocycles. The first-order chi connectivity index (χ1) is 9.02. The molecule has 0 aromatic heterocycles. The van der Waals surface area contributed by atoms with Gasteiger partial charge in [-0.1, -0.05) is 45.8 Å². The molecule has 0 radical (unpaired) electrons. The molecule has 0 aliphatic heterocycles. The van der Waals surface area contributed by atoms with Crippen molar-refractivity contribution in [3.8, 4) is 0 Å². The molecule has 2 aromatic carbocycles. The van der Waals surface area contributed by atoms with Crippen molar-refractivity contribution in [3.05, 3.63) is 69.4 Å². The van der Waals surface area contributed by atoms with Crippen molar-refractivity contribution in [2.24, 2.45) is 0 Å². The molecule has 2 rings (SSSR count). The van der Waals surface area contributed by atoms with Crippen LogP contribution in [0.25, 0.3) is 0 Å². The second-order valence-electron chi connectivity index (χ2n) is 4.94. The Morgan fingerprint density at radius 2 is 1.79 bits per heavy atom. The van der Waals surface area contributed by atoms with Gasteiger partial charge in [-0.05, 0) is 43.3 Å². The van der Waals surface area contributed by atoms with E-state index in [2.05, 4.69) is 52.0 Å². The predicted octanol–water partition coefficient (Wildman–Crippen LogP) is 4.53. The Kier molecular flexibility index (Phi) is 4.72. The van der Waals surface area contributed by atoms with Crippen molar-refractivity contribution in [1.29, 1.82) is 0 Å². The van der Waals surface area contributed by atoms with Crippen LogP contribution < -0.4 is 0 Å². The van der Waals surface area contributed by atoms with Gasteiger partial charge in [-0.3, -0.25) is 4.90 Å². The monoisotopic (exact) mass is 321 g/mol. The fraction of sp³-hybridized carbons (Fsp3) is 0.250. The first kappa shape index (κ1) is 14.2. The van der Waals surface area contributed by atoms with Crippen LogP contribution in [0, 0.1) is 12.7 Å². The zero-order valence-corrected chi connectivity index (χ0v) is 12.7. The van der Waals surface area contributed by atoms with E-state index in [0.29, 0.717) is 0 Å². The van der Waals surface area contributed by atoms with Gasteiger partial charge in [0.15, 0.2) is 0 Å². The summed E-state index contributed by atoms with van der Waals surface area (Å²) in [5, 5.41) is 0. The molecule has 100 valence electrons. The van der Waals surface area contributed by atoms with Crippen molar-refractivity contribution in [1.82, 2.24) is 4.90 Å². The lowest BCUT2D eigenvalue weighted by atomic mass is 10.1. The van der Waals surface area contributed by atoms with Crippen LogP contribution in [0.4, 0.5) is 4.39 Å². The summed E-state index contributed by atoms with van der Waals surface area (Å²) in [7, 11) is 2.04. The number of hydrogen-bond donors (Lipinski definition) is 0. The Hall–Kier alpha value is -1.19. The second-order valence-corrected chi connectivity index (χ2v) is 5.85. The van der Waals surface area contributed by atoms with E-state index in [9.17, 15) is 4.39 Å². The summed E-state index contributed by atoms with van der Waals surface area (Å²) in [6.45, 7) is 3.67. The van der Waals surface area contributed by atoms with E-state index in [0.717, 1.165) is 23.1 Å². The smallest absolute Gasteiger partial charge is 0.124 e. The van der Waals surface area contributed by atoms with Crippen LogP contribution in [0.2, 0.25) is 0 Å². The van der Waals surface area contributed by atoms with Crippen LogP contribution in [0.1, 0.15) is 16.7 Å². The van der Waals surface area contributed by atoms with Crippen molar-refractivity contribution in [3.63, 3.8) is 0 Å². The van der Waals surface area contributed by atoms with E-state index in [1.54, 1.807) is 6.07 Å². The summed E-state index contributed by atoms with van der Waals surface area (Å²) < 4.78 is 14.1. The van der Waals surface area contributed by atoms with Crippen LogP contribution in [0.5, 0.6) is 0 Å². The third kappa shape index (κ3) is 4.44. The van der Waals surface area contributed by atoms with Crippen LogP contribution in [-0.4, -0.2) is 11.9 Å². The van der Waals surface area contributed by atoms with Crippen molar-refractivity contribution >= 4 is 15.9 Å². The van der Waals surface area contributed by atoms with Gasteiger partial charge < -0.3 is 0 Å². The Bertz CT molecular complexity index is 548. The zero-order chi connectivity index (χ0) is 13.8. The predicted molar refractivity (Wildman–Crippen MR) is 80.5 cm³/mol. The zero-order valence-electron chi connectivity index (χ0n) is 11.2. The number of hydrogen-bond acceptors (Lipinski definition) is 1. The third-order valence-electron chi connectivity index (χ3n) is 2.91. The SMILES string of the molecule is Cc1cccc(CN(C)Cc2cc(F)cc(Br)c2)c1. The lowest BCUT2D eigenvalue weighted by Crippen LogP contribution is -2.17. The molecule has 0 atom stereocenters. The maximum atomic E-state index is 13.3. The summed E-state index contributed by atoms with van der Waals surface area (Å²) in [4.78, 5) is 2.18. The van der Waals surface area contributed by atoms with E-state index < -0.39 is 0 Å². The molecular formula is C16H17BrFN. The van der Waals surface area contributed by atoms with Gasteiger partial charge in [-0.15, -0.1) is 0 Å². The molecule has 0 fully saturated rings. The highest BCUT2D eigenvalue weighted by atomic mass is 79.9. The van der Waals surface area contributed by atoms with Gasteiger partial charge in [0, 0.05) is 17.6 Å². The molecule has 2 aromatic rings. The third-order valence-corrected chi connectivity index (χ3v) is 3.37. The normalized spacial score (nSPS) is 11.0. The van der Waals surface area contributed by atoms with Crippen LogP contribution in [0.15, 0.2) is 46.9 Å². The van der Waals surface area contributed by atoms with Gasteiger partial charge in [0.2, 0.25) is 0 Å². The summed E-state index contributed by atoms with van der Waals surface area (Å²) in [5.41, 5.74) is 3.51. The molecule has 0 spiro atoms. The minimum absolute atomic E-state index is 0.201. The van der Waals surface area contributed by atoms with E-state index in [1.807, 2.05) is 13.1 Å². The molecule has 0 aliphatic carbocycles. The maximum absolute atomic E-state index is 13.3. The Labute approximate surface area is 122 Å². The lowest BCUT2D eigenvalue weighted by molar-refractivity contribution is 0.318. The highest BCUT2D eigenvalue weighted by Gasteiger charge is 2.04. The molecule has 3 heteroatoms. The molecule has 1 nitrogen and oxygen atoms in total. The first-order valence-corrected chi connectivity index (χ1v) is 7.01. The van der Waals surface area contributed by atoms with Crippen molar-refractivity contribution in [2.75, 3.05) is 7.05 Å². The first-order valence-electron chi connectivity index (χ1n) is 6.22. The van der Waals surface area contributed by atoms with Crippen molar-refractivity contribution in [2.45, 2.75) is 20.0 Å². The molecule has 0 bridgehead atoms. The Balaban J connectivity index is 2.03. The van der Waals surface area contributed by atoms with E-state index in [1.165, 1.54) is 17.2 Å². The summed E-state index contributed by atoms with van der Waals surface area (Å²) in [5.74, 6) is -0.201. The standard InChI is InChI=1S/C16H17BrFN/c1-12-4-3-5-13(6-12)10-19(2)11-14-7-15(17)9-16(18)8-14/h3-9H,10-11H2,1-2H3. The minimum Gasteiger partial charge on any atom is -0.298 e. The number of nitrogens with zero attached hydrogens (tertiary/aromatic N) is 1. The number of rotatable bonds is 4. The van der Waals surface area contributed by atoms with Gasteiger partial charge in [0.1, 0.15) is 5.82 Å². The molecule has 0 amide bonds. The molecular weight excluding hydrogens is 305 g/mol. The van der Waals surface area contributed by atoms with E-state index in [-0.39, 0.29) is 5.82 Å². The average Bonchev–Trinajstić information content (AvgIpc) is 2.26. The fourth-order valence-electron chi connectivity index (χ4n) is 2.19. The number of benzene rings is 2. The second kappa shape index (κ2) is 6.31. The molecule has 0 saturated carbocycles. The van der Waals surface area contributed by atoms with Gasteiger partial charge >= 0.3 is 0 Å². The Morgan fingerprint density at radius 1 is 1.05 bits per heavy atom. The van der Waals surface area contributed by atoms with Gasteiger partial charge in [0.05, 0.1) is 0 Å². The summed E-state index contributed by atoms with van der Waals surface area (Å²) >= 11 is 3.32. The van der Waals surface area contributed by atoms with Crippen LogP contribution in [0.3, 0.4) is 0 Å².